The lowest BCUT2D eigenvalue weighted by Crippen LogP contribution is -2.52. The van der Waals surface area contributed by atoms with Crippen molar-refractivity contribution in [2.24, 2.45) is 0 Å². The number of rotatable bonds is 8. The van der Waals surface area contributed by atoms with Crippen molar-refractivity contribution in [3.8, 4) is 0 Å². The molecule has 10 heteroatoms. The number of piperidine rings is 2. The molecule has 0 aliphatic carbocycles. The standard InChI is InChI=1S/C28H34F6N2O.ClH/c29-27(30,31)25(19-35-15-7-13-23(17-35)21-9-3-1-4-10-21)37-26(28(32,33)34)20-36-16-8-14-24(18-36)22-11-5-2-6-12-22;/h1-6,9-12,23-26H,7-8,13-20H2;1H/t23-,24-,25+,26+;/m0./s1. The van der Waals surface area contributed by atoms with Crippen LogP contribution in [0.1, 0.15) is 48.6 Å². The second-order valence-corrected chi connectivity index (χ2v) is 10.2. The topological polar surface area (TPSA) is 15.7 Å². The van der Waals surface area contributed by atoms with E-state index in [4.69, 9.17) is 4.74 Å². The first kappa shape index (κ1) is 30.7. The lowest BCUT2D eigenvalue weighted by molar-refractivity contribution is -0.290. The summed E-state index contributed by atoms with van der Waals surface area (Å²) in [6, 6.07) is 19.0. The van der Waals surface area contributed by atoms with Gasteiger partial charge < -0.3 is 4.74 Å². The summed E-state index contributed by atoms with van der Waals surface area (Å²) < 4.78 is 88.8. The van der Waals surface area contributed by atoms with Crippen molar-refractivity contribution in [2.75, 3.05) is 39.3 Å². The van der Waals surface area contributed by atoms with E-state index >= 15 is 0 Å². The zero-order valence-electron chi connectivity index (χ0n) is 21.1. The Labute approximate surface area is 226 Å². The zero-order chi connectivity index (χ0) is 26.5. The van der Waals surface area contributed by atoms with Crippen molar-refractivity contribution in [2.45, 2.75) is 62.1 Å². The molecular formula is C28H35ClF6N2O. The number of likely N-dealkylation sites (tertiary alicyclic amines) is 2. The predicted molar refractivity (Wildman–Crippen MR) is 138 cm³/mol. The van der Waals surface area contributed by atoms with E-state index in [1.807, 2.05) is 60.7 Å². The van der Waals surface area contributed by atoms with E-state index in [9.17, 15) is 26.3 Å². The smallest absolute Gasteiger partial charge is 0.353 e. The fourth-order valence-electron chi connectivity index (χ4n) is 5.55. The molecule has 4 atom stereocenters. The Morgan fingerprint density at radius 2 is 1.03 bits per heavy atom. The Balaban J connectivity index is 0.00000400. The molecule has 212 valence electrons. The number of nitrogens with zero attached hydrogens (tertiary/aromatic N) is 2. The number of alkyl halides is 6. The van der Waals surface area contributed by atoms with E-state index < -0.39 is 37.7 Å². The van der Waals surface area contributed by atoms with Gasteiger partial charge in [-0.2, -0.15) is 26.3 Å². The maximum Gasteiger partial charge on any atom is 0.415 e. The molecule has 0 bridgehead atoms. The highest BCUT2D eigenvalue weighted by Crippen LogP contribution is 2.34. The van der Waals surface area contributed by atoms with E-state index in [1.54, 1.807) is 9.80 Å². The third-order valence-corrected chi connectivity index (χ3v) is 7.46. The molecule has 0 spiro atoms. The molecule has 2 aliphatic heterocycles. The summed E-state index contributed by atoms with van der Waals surface area (Å²) in [6.07, 6.45) is -11.8. The maximum absolute atomic E-state index is 14.0. The summed E-state index contributed by atoms with van der Waals surface area (Å²) in [6.45, 7) is 0.322. The van der Waals surface area contributed by atoms with Crippen LogP contribution in [0.25, 0.3) is 0 Å². The molecule has 2 aromatic rings. The quantitative estimate of drug-likeness (QED) is 0.320. The fraction of sp³-hybridized carbons (Fsp3) is 0.571. The van der Waals surface area contributed by atoms with Crippen molar-refractivity contribution in [1.82, 2.24) is 9.80 Å². The monoisotopic (exact) mass is 564 g/mol. The normalized spacial score (nSPS) is 23.4. The minimum atomic E-state index is -4.91. The van der Waals surface area contributed by atoms with Crippen molar-refractivity contribution >= 4 is 12.4 Å². The molecule has 0 N–H and O–H groups in total. The highest BCUT2D eigenvalue weighted by Gasteiger charge is 2.50. The SMILES string of the molecule is Cl.FC(F)(F)[C@@H](CN1CCC[C@H](c2ccccc2)C1)O[C@H](CN1CCC[C@H](c2ccccc2)C1)C(F)(F)F. The Kier molecular flexibility index (Phi) is 10.9. The molecule has 3 nitrogen and oxygen atoms in total. The Bertz CT molecular complexity index is 882. The van der Waals surface area contributed by atoms with Crippen molar-refractivity contribution in [1.29, 1.82) is 0 Å². The van der Waals surface area contributed by atoms with Gasteiger partial charge in [0.15, 0.2) is 12.2 Å². The largest absolute Gasteiger partial charge is 0.415 e. The van der Waals surface area contributed by atoms with Gasteiger partial charge in [-0.05, 0) is 61.7 Å². The van der Waals surface area contributed by atoms with Crippen LogP contribution in [0.15, 0.2) is 60.7 Å². The molecule has 0 amide bonds. The van der Waals surface area contributed by atoms with Crippen LogP contribution in [-0.2, 0) is 4.74 Å². The van der Waals surface area contributed by atoms with Gasteiger partial charge in [0, 0.05) is 26.2 Å². The number of halogens is 7. The zero-order valence-corrected chi connectivity index (χ0v) is 21.9. The van der Waals surface area contributed by atoms with E-state index in [2.05, 4.69) is 0 Å². The second kappa shape index (κ2) is 13.5. The molecule has 0 unspecified atom stereocenters. The lowest BCUT2D eigenvalue weighted by atomic mass is 9.90. The van der Waals surface area contributed by atoms with Gasteiger partial charge >= 0.3 is 12.4 Å². The molecule has 0 saturated carbocycles. The lowest BCUT2D eigenvalue weighted by Gasteiger charge is -2.39. The number of hydrogen-bond acceptors (Lipinski definition) is 3. The predicted octanol–water partition coefficient (Wildman–Crippen LogP) is 7.05. The number of ether oxygens (including phenoxy) is 1. The summed E-state index contributed by atoms with van der Waals surface area (Å²) in [5.74, 6) is 0.0935. The minimum Gasteiger partial charge on any atom is -0.353 e. The van der Waals surface area contributed by atoms with Gasteiger partial charge in [-0.25, -0.2) is 0 Å². The van der Waals surface area contributed by atoms with Crippen LogP contribution in [0.2, 0.25) is 0 Å². The van der Waals surface area contributed by atoms with Crippen molar-refractivity contribution < 1.29 is 31.1 Å². The second-order valence-electron chi connectivity index (χ2n) is 10.2. The Morgan fingerprint density at radius 3 is 1.37 bits per heavy atom. The van der Waals surface area contributed by atoms with Gasteiger partial charge in [-0.15, -0.1) is 12.4 Å². The van der Waals surface area contributed by atoms with Gasteiger partial charge in [0.2, 0.25) is 0 Å². The van der Waals surface area contributed by atoms with Gasteiger partial charge in [-0.1, -0.05) is 60.7 Å². The summed E-state index contributed by atoms with van der Waals surface area (Å²) in [5.41, 5.74) is 2.06. The third kappa shape index (κ3) is 8.60. The number of benzene rings is 2. The van der Waals surface area contributed by atoms with Crippen molar-refractivity contribution in [3.63, 3.8) is 0 Å². The summed E-state index contributed by atoms with van der Waals surface area (Å²) >= 11 is 0. The number of hydrogen-bond donors (Lipinski definition) is 0. The van der Waals surface area contributed by atoms with Crippen molar-refractivity contribution in [3.05, 3.63) is 71.8 Å². The first-order chi connectivity index (χ1) is 17.6. The fourth-order valence-corrected chi connectivity index (χ4v) is 5.55. The van der Waals surface area contributed by atoms with Gasteiger partial charge in [-0.3, -0.25) is 9.80 Å². The summed E-state index contributed by atoms with van der Waals surface area (Å²) in [7, 11) is 0. The molecule has 2 aliphatic rings. The van der Waals surface area contributed by atoms with E-state index in [0.29, 0.717) is 39.0 Å². The first-order valence-corrected chi connectivity index (χ1v) is 12.9. The van der Waals surface area contributed by atoms with Gasteiger partial charge in [0.1, 0.15) is 0 Å². The van der Waals surface area contributed by atoms with Crippen LogP contribution in [0, 0.1) is 0 Å². The highest BCUT2D eigenvalue weighted by molar-refractivity contribution is 5.85. The van der Waals surface area contributed by atoms with Crippen LogP contribution in [-0.4, -0.2) is 73.6 Å². The highest BCUT2D eigenvalue weighted by atomic mass is 35.5. The molecule has 2 saturated heterocycles. The molecule has 2 heterocycles. The molecule has 38 heavy (non-hydrogen) atoms. The van der Waals surface area contributed by atoms with E-state index in [-0.39, 0.29) is 24.2 Å². The Hall–Kier alpha value is -1.81. The van der Waals surface area contributed by atoms with Gasteiger partial charge in [0.25, 0.3) is 0 Å². The molecule has 2 aromatic carbocycles. The molecular weight excluding hydrogens is 530 g/mol. The molecule has 0 radical (unpaired) electrons. The average molecular weight is 565 g/mol. The summed E-state index contributed by atoms with van der Waals surface area (Å²) in [5, 5.41) is 0. The maximum atomic E-state index is 14.0. The van der Waals surface area contributed by atoms with Crippen LogP contribution < -0.4 is 0 Å². The minimum absolute atomic E-state index is 0. The van der Waals surface area contributed by atoms with Crippen LogP contribution in [0.5, 0.6) is 0 Å². The van der Waals surface area contributed by atoms with E-state index in [0.717, 1.165) is 24.0 Å². The van der Waals surface area contributed by atoms with Crippen LogP contribution in [0.3, 0.4) is 0 Å². The molecule has 4 rings (SSSR count). The van der Waals surface area contributed by atoms with Gasteiger partial charge in [0.05, 0.1) is 0 Å². The van der Waals surface area contributed by atoms with Crippen LogP contribution in [0.4, 0.5) is 26.3 Å². The first-order valence-electron chi connectivity index (χ1n) is 12.9. The Morgan fingerprint density at radius 1 is 0.658 bits per heavy atom. The average Bonchev–Trinajstić information content (AvgIpc) is 2.88. The molecule has 0 aromatic heterocycles. The molecule has 2 fully saturated rings. The van der Waals surface area contributed by atoms with Crippen LogP contribution >= 0.6 is 12.4 Å². The third-order valence-electron chi connectivity index (χ3n) is 7.46. The summed E-state index contributed by atoms with van der Waals surface area (Å²) in [4.78, 5) is 3.19. The van der Waals surface area contributed by atoms with E-state index in [1.165, 1.54) is 0 Å².